The summed E-state index contributed by atoms with van der Waals surface area (Å²) in [7, 11) is 0. The van der Waals surface area contributed by atoms with Crippen LogP contribution in [0.2, 0.25) is 0 Å². The van der Waals surface area contributed by atoms with Crippen LogP contribution in [0.25, 0.3) is 10.2 Å². The SMILES string of the molecule is CCCc1cc(N2CCCNCC2)nc2sc(C(=O)O)c(N)c12. The molecule has 0 unspecified atom stereocenters. The van der Waals surface area contributed by atoms with Gasteiger partial charge in [-0.1, -0.05) is 13.3 Å². The Morgan fingerprint density at radius 2 is 2.30 bits per heavy atom. The lowest BCUT2D eigenvalue weighted by atomic mass is 10.1. The van der Waals surface area contributed by atoms with Gasteiger partial charge in [-0.25, -0.2) is 9.78 Å². The molecule has 6 nitrogen and oxygen atoms in total. The maximum absolute atomic E-state index is 11.4. The van der Waals surface area contributed by atoms with E-state index in [1.807, 2.05) is 0 Å². The van der Waals surface area contributed by atoms with Crippen LogP contribution in [0.4, 0.5) is 11.5 Å². The summed E-state index contributed by atoms with van der Waals surface area (Å²) in [6, 6.07) is 2.09. The van der Waals surface area contributed by atoms with Gasteiger partial charge >= 0.3 is 5.97 Å². The Kier molecular flexibility index (Phi) is 4.68. The van der Waals surface area contributed by atoms with Crippen molar-refractivity contribution in [3.63, 3.8) is 0 Å². The van der Waals surface area contributed by atoms with Gasteiger partial charge in [-0.05, 0) is 31.0 Å². The number of thiophene rings is 1. The third kappa shape index (κ3) is 3.11. The summed E-state index contributed by atoms with van der Waals surface area (Å²) in [5.74, 6) is -0.0451. The minimum Gasteiger partial charge on any atom is -0.477 e. The van der Waals surface area contributed by atoms with Gasteiger partial charge in [0.2, 0.25) is 0 Å². The molecule has 2 aromatic heterocycles. The quantitative estimate of drug-likeness (QED) is 0.795. The number of carboxylic acids is 1. The van der Waals surface area contributed by atoms with Crippen molar-refractivity contribution < 1.29 is 9.90 Å². The minimum absolute atomic E-state index is 0.194. The summed E-state index contributed by atoms with van der Waals surface area (Å²) in [5, 5.41) is 13.5. The maximum Gasteiger partial charge on any atom is 0.348 e. The maximum atomic E-state index is 11.4. The molecule has 1 aliphatic rings. The average molecular weight is 334 g/mol. The number of carbonyl (C=O) groups is 1. The Bertz CT molecular complexity index is 720. The first-order chi connectivity index (χ1) is 11.1. The number of aromatic carboxylic acids is 1. The van der Waals surface area contributed by atoms with Crippen LogP contribution in [0.5, 0.6) is 0 Å². The first-order valence-corrected chi connectivity index (χ1v) is 8.84. The average Bonchev–Trinajstić information content (AvgIpc) is 2.72. The lowest BCUT2D eigenvalue weighted by molar-refractivity contribution is 0.0703. The molecular weight excluding hydrogens is 312 g/mol. The third-order valence-electron chi connectivity index (χ3n) is 4.14. The summed E-state index contributed by atoms with van der Waals surface area (Å²) < 4.78 is 0. The van der Waals surface area contributed by atoms with Crippen LogP contribution in [-0.2, 0) is 6.42 Å². The van der Waals surface area contributed by atoms with Gasteiger partial charge in [0, 0.05) is 25.0 Å². The van der Waals surface area contributed by atoms with E-state index in [1.54, 1.807) is 0 Å². The third-order valence-corrected chi connectivity index (χ3v) is 5.23. The summed E-state index contributed by atoms with van der Waals surface area (Å²) in [5.41, 5.74) is 7.55. The van der Waals surface area contributed by atoms with E-state index in [9.17, 15) is 9.90 Å². The number of aryl methyl sites for hydroxylation is 1. The molecule has 0 bridgehead atoms. The highest BCUT2D eigenvalue weighted by Gasteiger charge is 2.21. The van der Waals surface area contributed by atoms with E-state index in [1.165, 1.54) is 11.3 Å². The summed E-state index contributed by atoms with van der Waals surface area (Å²) in [6.45, 7) is 5.95. The number of fused-ring (bicyclic) bond motifs is 1. The number of pyridine rings is 1. The van der Waals surface area contributed by atoms with E-state index in [-0.39, 0.29) is 4.88 Å². The second-order valence-corrected chi connectivity index (χ2v) is 6.81. The smallest absolute Gasteiger partial charge is 0.348 e. The molecule has 1 aliphatic heterocycles. The first-order valence-electron chi connectivity index (χ1n) is 8.02. The van der Waals surface area contributed by atoms with Crippen molar-refractivity contribution in [1.82, 2.24) is 10.3 Å². The van der Waals surface area contributed by atoms with Gasteiger partial charge in [0.1, 0.15) is 15.5 Å². The van der Waals surface area contributed by atoms with Gasteiger partial charge in [-0.3, -0.25) is 0 Å². The van der Waals surface area contributed by atoms with Crippen molar-refractivity contribution in [1.29, 1.82) is 0 Å². The molecule has 124 valence electrons. The first kappa shape index (κ1) is 16.0. The molecule has 23 heavy (non-hydrogen) atoms. The van der Waals surface area contributed by atoms with Crippen molar-refractivity contribution in [2.45, 2.75) is 26.2 Å². The number of carboxylic acid groups (broad SMARTS) is 1. The number of nitrogens with one attached hydrogen (secondary N) is 1. The molecule has 0 saturated carbocycles. The molecule has 0 atom stereocenters. The zero-order chi connectivity index (χ0) is 16.4. The van der Waals surface area contributed by atoms with Crippen LogP contribution in [0.15, 0.2) is 6.07 Å². The van der Waals surface area contributed by atoms with Crippen LogP contribution >= 0.6 is 11.3 Å². The lowest BCUT2D eigenvalue weighted by Gasteiger charge is -2.22. The monoisotopic (exact) mass is 334 g/mol. The fourth-order valence-corrected chi connectivity index (χ4v) is 4.02. The molecular formula is C16H22N4O2S. The van der Waals surface area contributed by atoms with Crippen molar-refractivity contribution >= 4 is 39.0 Å². The van der Waals surface area contributed by atoms with Gasteiger partial charge in [0.15, 0.2) is 0 Å². The summed E-state index contributed by atoms with van der Waals surface area (Å²) in [6.07, 6.45) is 2.94. The number of hydrogen-bond donors (Lipinski definition) is 3. The van der Waals surface area contributed by atoms with E-state index in [4.69, 9.17) is 10.7 Å². The number of nitrogens with zero attached hydrogens (tertiary/aromatic N) is 2. The van der Waals surface area contributed by atoms with E-state index in [2.05, 4.69) is 23.2 Å². The Balaban J connectivity index is 2.11. The van der Waals surface area contributed by atoms with Gasteiger partial charge in [-0.15, -0.1) is 11.3 Å². The normalized spacial score (nSPS) is 15.8. The molecule has 3 heterocycles. The molecule has 0 aromatic carbocycles. The van der Waals surface area contributed by atoms with E-state index < -0.39 is 5.97 Å². The molecule has 0 spiro atoms. The number of nitrogens with two attached hydrogens (primary N) is 1. The van der Waals surface area contributed by atoms with E-state index >= 15 is 0 Å². The molecule has 3 rings (SSSR count). The zero-order valence-electron chi connectivity index (χ0n) is 13.3. The highest BCUT2D eigenvalue weighted by atomic mass is 32.1. The fourth-order valence-electron chi connectivity index (χ4n) is 3.05. The van der Waals surface area contributed by atoms with Crippen molar-refractivity contribution in [3.8, 4) is 0 Å². The Labute approximate surface area is 139 Å². The predicted octanol–water partition coefficient (Wildman–Crippen LogP) is 2.33. The Morgan fingerprint density at radius 1 is 1.48 bits per heavy atom. The molecule has 4 N–H and O–H groups in total. The number of aromatic nitrogens is 1. The van der Waals surface area contributed by atoms with Crippen LogP contribution in [0, 0.1) is 0 Å². The van der Waals surface area contributed by atoms with E-state index in [0.717, 1.165) is 67.0 Å². The molecule has 0 radical (unpaired) electrons. The van der Waals surface area contributed by atoms with Crippen LogP contribution < -0.4 is 16.0 Å². The Morgan fingerprint density at radius 3 is 3.04 bits per heavy atom. The molecule has 0 amide bonds. The topological polar surface area (TPSA) is 91.5 Å². The highest BCUT2D eigenvalue weighted by molar-refractivity contribution is 7.21. The summed E-state index contributed by atoms with van der Waals surface area (Å²) >= 11 is 1.18. The number of rotatable bonds is 4. The number of hydrogen-bond acceptors (Lipinski definition) is 6. The largest absolute Gasteiger partial charge is 0.477 e. The minimum atomic E-state index is -0.978. The van der Waals surface area contributed by atoms with Gasteiger partial charge in [0.05, 0.1) is 5.69 Å². The van der Waals surface area contributed by atoms with Crippen LogP contribution in [0.3, 0.4) is 0 Å². The molecule has 7 heteroatoms. The second-order valence-electron chi connectivity index (χ2n) is 5.81. The molecule has 0 aliphatic carbocycles. The van der Waals surface area contributed by atoms with Crippen LogP contribution in [0.1, 0.15) is 35.0 Å². The lowest BCUT2D eigenvalue weighted by Crippen LogP contribution is -2.28. The number of anilines is 2. The standard InChI is InChI=1S/C16H22N4O2S/c1-2-4-10-9-11(20-7-3-5-18-6-8-20)19-15-12(10)13(17)14(23-15)16(21)22/h9,18H,2-8,17H2,1H3,(H,21,22). The van der Waals surface area contributed by atoms with E-state index in [0.29, 0.717) is 5.69 Å². The van der Waals surface area contributed by atoms with Gasteiger partial charge < -0.3 is 21.1 Å². The van der Waals surface area contributed by atoms with Crippen LogP contribution in [-0.4, -0.2) is 42.2 Å². The van der Waals surface area contributed by atoms with Gasteiger partial charge in [0.25, 0.3) is 0 Å². The molecule has 2 aromatic rings. The molecule has 1 saturated heterocycles. The second kappa shape index (κ2) is 6.72. The van der Waals surface area contributed by atoms with Gasteiger partial charge in [-0.2, -0.15) is 0 Å². The zero-order valence-corrected chi connectivity index (χ0v) is 14.1. The fraction of sp³-hybridized carbons (Fsp3) is 0.500. The predicted molar refractivity (Wildman–Crippen MR) is 94.7 cm³/mol. The van der Waals surface area contributed by atoms with Crippen molar-refractivity contribution in [2.24, 2.45) is 0 Å². The Hall–Kier alpha value is -1.86. The molecule has 1 fully saturated rings. The van der Waals surface area contributed by atoms with Crippen molar-refractivity contribution in [2.75, 3.05) is 36.8 Å². The highest BCUT2D eigenvalue weighted by Crippen LogP contribution is 2.37. The summed E-state index contributed by atoms with van der Waals surface area (Å²) in [4.78, 5) is 19.3. The number of nitrogen functional groups attached to an aromatic ring is 1. The van der Waals surface area contributed by atoms with Crippen molar-refractivity contribution in [3.05, 3.63) is 16.5 Å².